The van der Waals surface area contributed by atoms with E-state index in [1.807, 2.05) is 24.3 Å². The SMILES string of the molecule is CCCN(CCC)c1ccc(C=C2C(=O)NC(=S)NC2=O)cc1. The lowest BCUT2D eigenvalue weighted by Gasteiger charge is -2.23. The molecule has 2 amide bonds. The van der Waals surface area contributed by atoms with Crippen LogP contribution in [0.5, 0.6) is 0 Å². The highest BCUT2D eigenvalue weighted by Crippen LogP contribution is 2.18. The second-order valence-electron chi connectivity index (χ2n) is 5.37. The van der Waals surface area contributed by atoms with Gasteiger partial charge in [-0.1, -0.05) is 26.0 Å². The fraction of sp³-hybridized carbons (Fsp3) is 0.353. The number of hydrogen-bond acceptors (Lipinski definition) is 4. The van der Waals surface area contributed by atoms with E-state index in [0.29, 0.717) is 0 Å². The lowest BCUT2D eigenvalue weighted by atomic mass is 10.1. The molecule has 2 rings (SSSR count). The van der Waals surface area contributed by atoms with Crippen LogP contribution >= 0.6 is 12.2 Å². The summed E-state index contributed by atoms with van der Waals surface area (Å²) >= 11 is 4.78. The summed E-state index contributed by atoms with van der Waals surface area (Å²) in [5.41, 5.74) is 2.01. The molecule has 1 aromatic carbocycles. The summed E-state index contributed by atoms with van der Waals surface area (Å²) in [5, 5.41) is 4.90. The van der Waals surface area contributed by atoms with Crippen molar-refractivity contribution in [2.75, 3.05) is 18.0 Å². The third-order valence-electron chi connectivity index (χ3n) is 3.50. The third kappa shape index (κ3) is 4.39. The molecule has 2 N–H and O–H groups in total. The molecule has 0 aromatic heterocycles. The Kier molecular flexibility index (Phi) is 5.87. The molecule has 1 aromatic rings. The summed E-state index contributed by atoms with van der Waals surface area (Å²) in [7, 11) is 0. The zero-order valence-electron chi connectivity index (χ0n) is 13.4. The molecule has 1 fully saturated rings. The molecule has 0 aliphatic carbocycles. The molecule has 23 heavy (non-hydrogen) atoms. The van der Waals surface area contributed by atoms with Crippen LogP contribution in [0.3, 0.4) is 0 Å². The summed E-state index contributed by atoms with van der Waals surface area (Å²) < 4.78 is 0. The van der Waals surface area contributed by atoms with Crippen molar-refractivity contribution in [1.29, 1.82) is 0 Å². The molecule has 122 valence electrons. The van der Waals surface area contributed by atoms with Crippen LogP contribution in [0.1, 0.15) is 32.3 Å². The van der Waals surface area contributed by atoms with E-state index < -0.39 is 11.8 Å². The van der Waals surface area contributed by atoms with Gasteiger partial charge in [0.1, 0.15) is 5.57 Å². The maximum absolute atomic E-state index is 11.8. The van der Waals surface area contributed by atoms with Gasteiger partial charge in [0.05, 0.1) is 0 Å². The van der Waals surface area contributed by atoms with E-state index in [9.17, 15) is 9.59 Å². The Morgan fingerprint density at radius 2 is 1.52 bits per heavy atom. The number of anilines is 1. The molecule has 0 atom stereocenters. The number of nitrogens with zero attached hydrogens (tertiary/aromatic N) is 1. The number of thiocarbonyl (C=S) groups is 1. The average molecular weight is 331 g/mol. The monoisotopic (exact) mass is 331 g/mol. The number of benzene rings is 1. The number of nitrogens with one attached hydrogen (secondary N) is 2. The number of carbonyl (C=O) groups excluding carboxylic acids is 2. The largest absolute Gasteiger partial charge is 0.372 e. The standard InChI is InChI=1S/C17H21N3O2S/c1-3-9-20(10-4-2)13-7-5-12(6-8-13)11-14-15(21)18-17(23)19-16(14)22/h5-8,11H,3-4,9-10H2,1-2H3,(H2,18,19,21,22,23). The Hall–Kier alpha value is -2.21. The third-order valence-corrected chi connectivity index (χ3v) is 3.70. The summed E-state index contributed by atoms with van der Waals surface area (Å²) in [6, 6.07) is 7.85. The minimum Gasteiger partial charge on any atom is -0.372 e. The van der Waals surface area contributed by atoms with Crippen molar-refractivity contribution in [1.82, 2.24) is 10.6 Å². The second kappa shape index (κ2) is 7.87. The quantitative estimate of drug-likeness (QED) is 0.477. The van der Waals surface area contributed by atoms with Crippen molar-refractivity contribution in [3.8, 4) is 0 Å². The molecule has 1 aliphatic heterocycles. The van der Waals surface area contributed by atoms with E-state index in [1.165, 1.54) is 0 Å². The van der Waals surface area contributed by atoms with Gasteiger partial charge in [-0.05, 0) is 48.8 Å². The molecule has 6 heteroatoms. The van der Waals surface area contributed by atoms with Gasteiger partial charge in [0.15, 0.2) is 5.11 Å². The Labute approximate surface area is 141 Å². The van der Waals surface area contributed by atoms with Gasteiger partial charge in [0.2, 0.25) is 0 Å². The fourth-order valence-electron chi connectivity index (χ4n) is 2.46. The van der Waals surface area contributed by atoms with Crippen LogP contribution < -0.4 is 15.5 Å². The topological polar surface area (TPSA) is 61.4 Å². The van der Waals surface area contributed by atoms with E-state index in [0.717, 1.165) is 37.2 Å². The van der Waals surface area contributed by atoms with E-state index in [4.69, 9.17) is 12.2 Å². The predicted molar refractivity (Wildman–Crippen MR) is 96.1 cm³/mol. The van der Waals surface area contributed by atoms with Gasteiger partial charge >= 0.3 is 0 Å². The normalized spacial score (nSPS) is 14.3. The molecule has 0 bridgehead atoms. The molecule has 0 unspecified atom stereocenters. The Morgan fingerprint density at radius 3 is 2.00 bits per heavy atom. The highest BCUT2D eigenvalue weighted by molar-refractivity contribution is 7.80. The van der Waals surface area contributed by atoms with Gasteiger partial charge in [-0.15, -0.1) is 0 Å². The summed E-state index contributed by atoms with van der Waals surface area (Å²) in [4.78, 5) is 26.0. The zero-order chi connectivity index (χ0) is 16.8. The van der Waals surface area contributed by atoms with E-state index in [1.54, 1.807) is 6.08 Å². The van der Waals surface area contributed by atoms with Gasteiger partial charge in [0.25, 0.3) is 11.8 Å². The van der Waals surface area contributed by atoms with Crippen LogP contribution in [0.15, 0.2) is 29.8 Å². The van der Waals surface area contributed by atoms with Gasteiger partial charge in [-0.2, -0.15) is 0 Å². The van der Waals surface area contributed by atoms with Crippen molar-refractivity contribution in [3.63, 3.8) is 0 Å². The molecule has 1 aliphatic rings. The number of carbonyl (C=O) groups is 2. The summed E-state index contributed by atoms with van der Waals surface area (Å²) in [6.07, 6.45) is 3.75. The highest BCUT2D eigenvalue weighted by Gasteiger charge is 2.25. The lowest BCUT2D eigenvalue weighted by molar-refractivity contribution is -0.123. The first-order chi connectivity index (χ1) is 11.0. The van der Waals surface area contributed by atoms with E-state index in [-0.39, 0.29) is 10.7 Å². The van der Waals surface area contributed by atoms with Crippen LogP contribution in [0.25, 0.3) is 6.08 Å². The smallest absolute Gasteiger partial charge is 0.263 e. The molecular weight excluding hydrogens is 310 g/mol. The Bertz CT molecular complexity index is 610. The first-order valence-electron chi connectivity index (χ1n) is 7.78. The van der Waals surface area contributed by atoms with Gasteiger partial charge in [0, 0.05) is 18.8 Å². The van der Waals surface area contributed by atoms with Crippen molar-refractivity contribution >= 4 is 40.9 Å². The van der Waals surface area contributed by atoms with Gasteiger partial charge < -0.3 is 4.90 Å². The maximum atomic E-state index is 11.8. The molecule has 0 spiro atoms. The fourth-order valence-corrected chi connectivity index (χ4v) is 2.65. The Balaban J connectivity index is 2.19. The maximum Gasteiger partial charge on any atom is 0.263 e. The predicted octanol–water partition coefficient (Wildman–Crippen LogP) is 2.23. The first kappa shape index (κ1) is 17.1. The van der Waals surface area contributed by atoms with Crippen LogP contribution in [-0.2, 0) is 9.59 Å². The van der Waals surface area contributed by atoms with Crippen molar-refractivity contribution in [2.24, 2.45) is 0 Å². The molecule has 0 radical (unpaired) electrons. The molecule has 1 heterocycles. The number of rotatable bonds is 6. The zero-order valence-corrected chi connectivity index (χ0v) is 14.2. The number of amides is 2. The van der Waals surface area contributed by atoms with Crippen LogP contribution in [0.2, 0.25) is 0 Å². The van der Waals surface area contributed by atoms with Crippen molar-refractivity contribution in [3.05, 3.63) is 35.4 Å². The highest BCUT2D eigenvalue weighted by atomic mass is 32.1. The molecule has 5 nitrogen and oxygen atoms in total. The minimum atomic E-state index is -0.471. The van der Waals surface area contributed by atoms with Crippen molar-refractivity contribution < 1.29 is 9.59 Å². The van der Waals surface area contributed by atoms with Gasteiger partial charge in [-0.25, -0.2) is 0 Å². The summed E-state index contributed by atoms with van der Waals surface area (Å²) in [5.74, 6) is -0.942. The summed E-state index contributed by atoms with van der Waals surface area (Å²) in [6.45, 7) is 6.34. The molecular formula is C17H21N3O2S. The van der Waals surface area contributed by atoms with E-state index in [2.05, 4.69) is 29.4 Å². The second-order valence-corrected chi connectivity index (χ2v) is 5.78. The molecule has 1 saturated heterocycles. The average Bonchev–Trinajstić information content (AvgIpc) is 2.51. The number of hydrogen-bond donors (Lipinski definition) is 2. The van der Waals surface area contributed by atoms with E-state index >= 15 is 0 Å². The van der Waals surface area contributed by atoms with Gasteiger partial charge in [-0.3, -0.25) is 20.2 Å². The Morgan fingerprint density at radius 1 is 1.00 bits per heavy atom. The van der Waals surface area contributed by atoms with Crippen LogP contribution in [-0.4, -0.2) is 30.0 Å². The molecule has 0 saturated carbocycles. The minimum absolute atomic E-state index is 0.0438. The van der Waals surface area contributed by atoms with Crippen LogP contribution in [0, 0.1) is 0 Å². The van der Waals surface area contributed by atoms with Crippen LogP contribution in [0.4, 0.5) is 5.69 Å². The first-order valence-corrected chi connectivity index (χ1v) is 8.19. The lowest BCUT2D eigenvalue weighted by Crippen LogP contribution is -2.51. The van der Waals surface area contributed by atoms with Crippen molar-refractivity contribution in [2.45, 2.75) is 26.7 Å².